The van der Waals surface area contributed by atoms with Crippen molar-refractivity contribution >= 4 is 5.97 Å². The number of nitrogens with zero attached hydrogens (tertiary/aromatic N) is 2. The quantitative estimate of drug-likeness (QED) is 0.498. The van der Waals surface area contributed by atoms with Crippen molar-refractivity contribution in [1.82, 2.24) is 9.80 Å². The fraction of sp³-hybridized carbons (Fsp3) is 0.923. The molecule has 4 nitrogen and oxygen atoms in total. The fourth-order valence-electron chi connectivity index (χ4n) is 2.17. The van der Waals surface area contributed by atoms with Gasteiger partial charge in [0.25, 0.3) is 0 Å². The summed E-state index contributed by atoms with van der Waals surface area (Å²) < 4.78 is 4.65. The minimum atomic E-state index is -0.102. The van der Waals surface area contributed by atoms with Crippen molar-refractivity contribution in [3.8, 4) is 0 Å². The third-order valence-corrected chi connectivity index (χ3v) is 3.40. The monoisotopic (exact) mass is 242 g/mol. The molecular weight excluding hydrogens is 216 g/mol. The van der Waals surface area contributed by atoms with Crippen molar-refractivity contribution in [2.45, 2.75) is 32.6 Å². The highest BCUT2D eigenvalue weighted by molar-refractivity contribution is 5.69. The maximum absolute atomic E-state index is 11.0. The average Bonchev–Trinajstić information content (AvgIpc) is 2.37. The van der Waals surface area contributed by atoms with Crippen molar-refractivity contribution in [2.75, 3.05) is 46.4 Å². The molecule has 0 spiro atoms. The van der Waals surface area contributed by atoms with E-state index in [2.05, 4.69) is 21.5 Å². The molecule has 1 rings (SSSR count). The van der Waals surface area contributed by atoms with E-state index in [1.807, 2.05) is 0 Å². The lowest BCUT2D eigenvalue weighted by atomic mass is 10.2. The molecule has 1 saturated heterocycles. The predicted molar refractivity (Wildman–Crippen MR) is 69.0 cm³/mol. The molecule has 0 amide bonds. The van der Waals surface area contributed by atoms with Crippen LogP contribution < -0.4 is 0 Å². The number of hydrogen-bond acceptors (Lipinski definition) is 4. The largest absolute Gasteiger partial charge is 0.469 e. The van der Waals surface area contributed by atoms with Crippen LogP contribution in [0.15, 0.2) is 0 Å². The maximum atomic E-state index is 11.0. The van der Waals surface area contributed by atoms with E-state index in [-0.39, 0.29) is 5.97 Å². The Hall–Kier alpha value is -0.610. The Bertz CT molecular complexity index is 213. The molecule has 0 aliphatic carbocycles. The Kier molecular flexibility index (Phi) is 7.21. The van der Waals surface area contributed by atoms with Gasteiger partial charge in [0.2, 0.25) is 0 Å². The second kappa shape index (κ2) is 8.48. The second-order valence-electron chi connectivity index (χ2n) is 4.72. The second-order valence-corrected chi connectivity index (χ2v) is 4.72. The molecule has 0 saturated carbocycles. The van der Waals surface area contributed by atoms with Crippen LogP contribution in [0.5, 0.6) is 0 Å². The lowest BCUT2D eigenvalue weighted by Crippen LogP contribution is -2.47. The van der Waals surface area contributed by atoms with Crippen LogP contribution in [0, 0.1) is 0 Å². The first kappa shape index (κ1) is 14.5. The van der Waals surface area contributed by atoms with Gasteiger partial charge in [0.05, 0.1) is 13.5 Å². The van der Waals surface area contributed by atoms with Crippen molar-refractivity contribution < 1.29 is 9.53 Å². The van der Waals surface area contributed by atoms with E-state index < -0.39 is 0 Å². The Morgan fingerprint density at radius 2 is 1.65 bits per heavy atom. The number of ether oxygens (including phenoxy) is 1. The van der Waals surface area contributed by atoms with E-state index in [0.29, 0.717) is 6.42 Å². The summed E-state index contributed by atoms with van der Waals surface area (Å²) in [6, 6.07) is 0. The van der Waals surface area contributed by atoms with E-state index in [1.165, 1.54) is 32.9 Å². The van der Waals surface area contributed by atoms with E-state index in [0.717, 1.165) is 32.7 Å². The molecule has 0 bridgehead atoms. The first-order valence-corrected chi connectivity index (χ1v) is 6.77. The molecule has 100 valence electrons. The van der Waals surface area contributed by atoms with Crippen LogP contribution in [-0.2, 0) is 9.53 Å². The van der Waals surface area contributed by atoms with Gasteiger partial charge < -0.3 is 14.5 Å². The zero-order valence-electron chi connectivity index (χ0n) is 11.3. The molecule has 0 aromatic rings. The molecule has 1 heterocycles. The van der Waals surface area contributed by atoms with E-state index in [9.17, 15) is 4.79 Å². The van der Waals surface area contributed by atoms with Gasteiger partial charge in [-0.05, 0) is 13.0 Å². The SMILES string of the molecule is CCCCCN1CCN(CCC(=O)OC)CC1. The summed E-state index contributed by atoms with van der Waals surface area (Å²) in [5.74, 6) is -0.102. The number of carbonyl (C=O) groups excluding carboxylic acids is 1. The molecule has 0 atom stereocenters. The summed E-state index contributed by atoms with van der Waals surface area (Å²) in [6.45, 7) is 8.78. The summed E-state index contributed by atoms with van der Waals surface area (Å²) in [6.07, 6.45) is 4.46. The average molecular weight is 242 g/mol. The van der Waals surface area contributed by atoms with Gasteiger partial charge in [-0.3, -0.25) is 4.79 Å². The molecule has 17 heavy (non-hydrogen) atoms. The number of rotatable bonds is 7. The molecule has 4 heteroatoms. The molecule has 1 aliphatic heterocycles. The molecule has 0 aromatic heterocycles. The third-order valence-electron chi connectivity index (χ3n) is 3.40. The Morgan fingerprint density at radius 3 is 2.18 bits per heavy atom. The summed E-state index contributed by atoms with van der Waals surface area (Å²) in [4.78, 5) is 15.9. The molecule has 0 aromatic carbocycles. The lowest BCUT2D eigenvalue weighted by molar-refractivity contribution is -0.141. The van der Waals surface area contributed by atoms with Crippen LogP contribution in [0.4, 0.5) is 0 Å². The Balaban J connectivity index is 2.07. The molecular formula is C13H26N2O2. The minimum Gasteiger partial charge on any atom is -0.469 e. The minimum absolute atomic E-state index is 0.102. The molecule has 1 fully saturated rings. The smallest absolute Gasteiger partial charge is 0.306 e. The van der Waals surface area contributed by atoms with Crippen LogP contribution in [0.25, 0.3) is 0 Å². The normalized spacial score (nSPS) is 18.2. The molecule has 0 radical (unpaired) electrons. The lowest BCUT2D eigenvalue weighted by Gasteiger charge is -2.34. The summed E-state index contributed by atoms with van der Waals surface area (Å²) >= 11 is 0. The van der Waals surface area contributed by atoms with Gasteiger partial charge in [0, 0.05) is 32.7 Å². The van der Waals surface area contributed by atoms with Gasteiger partial charge in [0.15, 0.2) is 0 Å². The molecule has 0 N–H and O–H groups in total. The zero-order valence-corrected chi connectivity index (χ0v) is 11.3. The molecule has 0 unspecified atom stereocenters. The van der Waals surface area contributed by atoms with Crippen LogP contribution in [0.1, 0.15) is 32.6 Å². The maximum Gasteiger partial charge on any atom is 0.306 e. The van der Waals surface area contributed by atoms with Crippen LogP contribution in [0.2, 0.25) is 0 Å². The predicted octanol–water partition coefficient (Wildman–Crippen LogP) is 1.36. The number of methoxy groups -OCH3 is 1. The van der Waals surface area contributed by atoms with Gasteiger partial charge >= 0.3 is 5.97 Å². The Labute approximate surface area is 105 Å². The number of unbranched alkanes of at least 4 members (excludes halogenated alkanes) is 2. The van der Waals surface area contributed by atoms with Crippen molar-refractivity contribution in [3.63, 3.8) is 0 Å². The van der Waals surface area contributed by atoms with Crippen LogP contribution >= 0.6 is 0 Å². The van der Waals surface area contributed by atoms with Gasteiger partial charge in [-0.2, -0.15) is 0 Å². The summed E-state index contributed by atoms with van der Waals surface area (Å²) in [7, 11) is 1.45. The highest BCUT2D eigenvalue weighted by Gasteiger charge is 2.16. The third kappa shape index (κ3) is 6.03. The molecule has 1 aliphatic rings. The highest BCUT2D eigenvalue weighted by atomic mass is 16.5. The number of hydrogen-bond donors (Lipinski definition) is 0. The van der Waals surface area contributed by atoms with E-state index >= 15 is 0 Å². The van der Waals surface area contributed by atoms with Gasteiger partial charge in [-0.15, -0.1) is 0 Å². The number of esters is 1. The standard InChI is InChI=1S/C13H26N2O2/c1-3-4-5-7-14-9-11-15(12-10-14)8-6-13(16)17-2/h3-12H2,1-2H3. The van der Waals surface area contributed by atoms with Crippen molar-refractivity contribution in [1.29, 1.82) is 0 Å². The van der Waals surface area contributed by atoms with Crippen molar-refractivity contribution in [3.05, 3.63) is 0 Å². The van der Waals surface area contributed by atoms with Crippen LogP contribution in [-0.4, -0.2) is 62.1 Å². The first-order valence-electron chi connectivity index (χ1n) is 6.77. The van der Waals surface area contributed by atoms with Crippen LogP contribution in [0.3, 0.4) is 0 Å². The number of piperazine rings is 1. The first-order chi connectivity index (χ1) is 8.26. The van der Waals surface area contributed by atoms with Crippen molar-refractivity contribution in [2.24, 2.45) is 0 Å². The highest BCUT2D eigenvalue weighted by Crippen LogP contribution is 2.05. The Morgan fingerprint density at radius 1 is 1.06 bits per heavy atom. The fourth-order valence-corrected chi connectivity index (χ4v) is 2.17. The van der Waals surface area contributed by atoms with E-state index in [4.69, 9.17) is 0 Å². The summed E-state index contributed by atoms with van der Waals surface area (Å²) in [5.41, 5.74) is 0. The van der Waals surface area contributed by atoms with E-state index in [1.54, 1.807) is 0 Å². The van der Waals surface area contributed by atoms with Gasteiger partial charge in [0.1, 0.15) is 0 Å². The topological polar surface area (TPSA) is 32.8 Å². The zero-order chi connectivity index (χ0) is 12.5. The number of carbonyl (C=O) groups is 1. The van der Waals surface area contributed by atoms with Gasteiger partial charge in [-0.25, -0.2) is 0 Å². The summed E-state index contributed by atoms with van der Waals surface area (Å²) in [5, 5.41) is 0. The van der Waals surface area contributed by atoms with Gasteiger partial charge in [-0.1, -0.05) is 19.8 Å².